The first kappa shape index (κ1) is 19.4. The van der Waals surface area contributed by atoms with Gasteiger partial charge in [-0.2, -0.15) is 5.10 Å². The first-order valence-electron chi connectivity index (χ1n) is 10.4. The van der Waals surface area contributed by atoms with Crippen LogP contribution in [0.15, 0.2) is 48.8 Å². The van der Waals surface area contributed by atoms with E-state index in [-0.39, 0.29) is 5.91 Å². The van der Waals surface area contributed by atoms with Gasteiger partial charge >= 0.3 is 0 Å². The summed E-state index contributed by atoms with van der Waals surface area (Å²) in [5.74, 6) is 2.23. The first-order valence-corrected chi connectivity index (χ1v) is 10.4. The Morgan fingerprint density at radius 2 is 1.90 bits per heavy atom. The third-order valence-electron chi connectivity index (χ3n) is 5.79. The second-order valence-electron chi connectivity index (χ2n) is 8.23. The number of likely N-dealkylation sites (tertiary alicyclic amines) is 1. The number of piperidine rings is 1. The molecular weight excluding hydrogens is 362 g/mol. The van der Waals surface area contributed by atoms with E-state index in [4.69, 9.17) is 0 Å². The molecule has 3 aromatic rings. The van der Waals surface area contributed by atoms with Crippen molar-refractivity contribution in [1.29, 1.82) is 0 Å². The van der Waals surface area contributed by atoms with Gasteiger partial charge in [-0.3, -0.25) is 9.48 Å². The van der Waals surface area contributed by atoms with E-state index in [0.29, 0.717) is 17.5 Å². The summed E-state index contributed by atoms with van der Waals surface area (Å²) in [5.41, 5.74) is 2.52. The maximum absolute atomic E-state index is 13.1. The lowest BCUT2D eigenvalue weighted by molar-refractivity contribution is 0.0671. The maximum atomic E-state index is 13.1. The molecule has 0 aliphatic carbocycles. The topological polar surface area (TPSA) is 56.0 Å². The van der Waals surface area contributed by atoms with E-state index in [1.165, 1.54) is 0 Å². The minimum Gasteiger partial charge on any atom is -0.337 e. The van der Waals surface area contributed by atoms with Gasteiger partial charge in [0.25, 0.3) is 5.91 Å². The Morgan fingerprint density at radius 3 is 2.59 bits per heavy atom. The SMILES string of the molecule is CC(C)c1nccn1CC1CCN(C(=O)c2cc(-c3ccccc3)nn2C)CC1. The van der Waals surface area contributed by atoms with E-state index < -0.39 is 0 Å². The highest BCUT2D eigenvalue weighted by Gasteiger charge is 2.26. The van der Waals surface area contributed by atoms with E-state index in [1.807, 2.05) is 54.5 Å². The molecule has 1 aliphatic rings. The van der Waals surface area contributed by atoms with Crippen molar-refractivity contribution in [3.05, 3.63) is 60.3 Å². The molecule has 0 radical (unpaired) electrons. The van der Waals surface area contributed by atoms with Gasteiger partial charge in [0, 0.05) is 50.6 Å². The number of benzene rings is 1. The zero-order valence-electron chi connectivity index (χ0n) is 17.5. The molecule has 1 aromatic carbocycles. The van der Waals surface area contributed by atoms with E-state index >= 15 is 0 Å². The number of rotatable bonds is 5. The van der Waals surface area contributed by atoms with Gasteiger partial charge in [0.2, 0.25) is 0 Å². The number of nitrogens with zero attached hydrogens (tertiary/aromatic N) is 5. The van der Waals surface area contributed by atoms with Gasteiger partial charge < -0.3 is 9.47 Å². The smallest absolute Gasteiger partial charge is 0.272 e. The summed E-state index contributed by atoms with van der Waals surface area (Å²) in [6.07, 6.45) is 6.00. The Balaban J connectivity index is 1.39. The van der Waals surface area contributed by atoms with Gasteiger partial charge in [0.1, 0.15) is 11.5 Å². The zero-order chi connectivity index (χ0) is 20.4. The largest absolute Gasteiger partial charge is 0.337 e. The van der Waals surface area contributed by atoms with Crippen LogP contribution in [-0.2, 0) is 13.6 Å². The van der Waals surface area contributed by atoms with E-state index in [1.54, 1.807) is 4.68 Å². The molecule has 0 atom stereocenters. The van der Waals surface area contributed by atoms with Crippen molar-refractivity contribution in [2.24, 2.45) is 13.0 Å². The predicted octanol–water partition coefficient (Wildman–Crippen LogP) is 3.96. The Kier molecular flexibility index (Phi) is 5.51. The average molecular weight is 392 g/mol. The number of amides is 1. The van der Waals surface area contributed by atoms with Crippen LogP contribution in [-0.4, -0.2) is 43.2 Å². The van der Waals surface area contributed by atoms with Gasteiger partial charge in [-0.15, -0.1) is 0 Å². The van der Waals surface area contributed by atoms with Crippen LogP contribution >= 0.6 is 0 Å². The number of imidazole rings is 1. The van der Waals surface area contributed by atoms with Crippen LogP contribution in [0.5, 0.6) is 0 Å². The molecule has 3 heterocycles. The molecule has 1 saturated heterocycles. The molecule has 0 spiro atoms. The number of carbonyl (C=O) groups excluding carboxylic acids is 1. The van der Waals surface area contributed by atoms with E-state index in [0.717, 1.165) is 49.6 Å². The maximum Gasteiger partial charge on any atom is 0.272 e. The average Bonchev–Trinajstić information content (AvgIpc) is 3.35. The molecular formula is C23H29N5O. The highest BCUT2D eigenvalue weighted by molar-refractivity contribution is 5.93. The lowest BCUT2D eigenvalue weighted by Crippen LogP contribution is -2.40. The van der Waals surface area contributed by atoms with Crippen molar-refractivity contribution < 1.29 is 4.79 Å². The Morgan fingerprint density at radius 1 is 1.17 bits per heavy atom. The van der Waals surface area contributed by atoms with Crippen LogP contribution in [0.4, 0.5) is 0 Å². The van der Waals surface area contributed by atoms with E-state index in [9.17, 15) is 4.79 Å². The molecule has 6 nitrogen and oxygen atoms in total. The Hall–Kier alpha value is -2.89. The molecule has 0 N–H and O–H groups in total. The van der Waals surface area contributed by atoms with Crippen LogP contribution in [0.25, 0.3) is 11.3 Å². The van der Waals surface area contributed by atoms with Crippen molar-refractivity contribution in [3.8, 4) is 11.3 Å². The fourth-order valence-corrected chi connectivity index (χ4v) is 4.15. The van der Waals surface area contributed by atoms with Gasteiger partial charge in [-0.25, -0.2) is 4.98 Å². The molecule has 29 heavy (non-hydrogen) atoms. The van der Waals surface area contributed by atoms with Crippen molar-refractivity contribution in [3.63, 3.8) is 0 Å². The number of hydrogen-bond acceptors (Lipinski definition) is 3. The van der Waals surface area contributed by atoms with Gasteiger partial charge in [-0.05, 0) is 24.8 Å². The summed E-state index contributed by atoms with van der Waals surface area (Å²) in [6, 6.07) is 11.9. The third kappa shape index (κ3) is 4.11. The molecule has 1 amide bonds. The summed E-state index contributed by atoms with van der Waals surface area (Å²) < 4.78 is 3.98. The molecule has 4 rings (SSSR count). The minimum atomic E-state index is 0.0751. The third-order valence-corrected chi connectivity index (χ3v) is 5.79. The Bertz CT molecular complexity index is 964. The molecule has 0 unspecified atom stereocenters. The Labute approximate surface area is 172 Å². The monoisotopic (exact) mass is 391 g/mol. The standard InChI is InChI=1S/C23H29N5O/c1-17(2)22-24-11-14-28(22)16-18-9-12-27(13-10-18)23(29)21-15-20(25-26(21)3)19-7-5-4-6-8-19/h4-8,11,14-15,17-18H,9-10,12-13,16H2,1-3H3. The first-order chi connectivity index (χ1) is 14.0. The molecule has 0 saturated carbocycles. The van der Waals surface area contributed by atoms with Gasteiger partial charge in [-0.1, -0.05) is 44.2 Å². The number of carbonyl (C=O) groups is 1. The summed E-state index contributed by atoms with van der Waals surface area (Å²) in [5, 5.41) is 4.55. The zero-order valence-corrected chi connectivity index (χ0v) is 17.5. The number of aromatic nitrogens is 4. The molecule has 1 fully saturated rings. The van der Waals surface area contributed by atoms with Crippen molar-refractivity contribution in [1.82, 2.24) is 24.2 Å². The van der Waals surface area contributed by atoms with Crippen molar-refractivity contribution in [2.75, 3.05) is 13.1 Å². The number of aryl methyl sites for hydroxylation is 1. The molecule has 0 bridgehead atoms. The second kappa shape index (κ2) is 8.23. The van der Waals surface area contributed by atoms with Crippen LogP contribution in [0.3, 0.4) is 0 Å². The molecule has 6 heteroatoms. The highest BCUT2D eigenvalue weighted by atomic mass is 16.2. The summed E-state index contributed by atoms with van der Waals surface area (Å²) >= 11 is 0. The lowest BCUT2D eigenvalue weighted by Gasteiger charge is -2.32. The van der Waals surface area contributed by atoms with Crippen molar-refractivity contribution >= 4 is 5.91 Å². The molecule has 152 valence electrons. The summed E-state index contributed by atoms with van der Waals surface area (Å²) in [4.78, 5) is 19.5. The van der Waals surface area contributed by atoms with Crippen LogP contribution < -0.4 is 0 Å². The normalized spacial score (nSPS) is 15.2. The summed E-state index contributed by atoms with van der Waals surface area (Å²) in [7, 11) is 1.85. The lowest BCUT2D eigenvalue weighted by atomic mass is 9.96. The molecule has 1 aliphatic heterocycles. The van der Waals surface area contributed by atoms with Crippen LogP contribution in [0, 0.1) is 5.92 Å². The fraction of sp³-hybridized carbons (Fsp3) is 0.435. The van der Waals surface area contributed by atoms with Gasteiger partial charge in [0.15, 0.2) is 0 Å². The van der Waals surface area contributed by atoms with Crippen LogP contribution in [0.1, 0.15) is 48.9 Å². The quantitative estimate of drug-likeness (QED) is 0.661. The predicted molar refractivity (Wildman–Crippen MR) is 114 cm³/mol. The highest BCUT2D eigenvalue weighted by Crippen LogP contribution is 2.24. The van der Waals surface area contributed by atoms with Crippen LogP contribution in [0.2, 0.25) is 0 Å². The number of hydrogen-bond donors (Lipinski definition) is 0. The second-order valence-corrected chi connectivity index (χ2v) is 8.23. The summed E-state index contributed by atoms with van der Waals surface area (Å²) in [6.45, 7) is 6.93. The van der Waals surface area contributed by atoms with Crippen molar-refractivity contribution in [2.45, 2.75) is 39.2 Å². The molecule has 2 aromatic heterocycles. The van der Waals surface area contributed by atoms with E-state index in [2.05, 4.69) is 34.7 Å². The minimum absolute atomic E-state index is 0.0751. The fourth-order valence-electron chi connectivity index (χ4n) is 4.15. The van der Waals surface area contributed by atoms with Gasteiger partial charge in [0.05, 0.1) is 5.69 Å².